The SMILES string of the molecule is CC1(N)CCCCC1C(=O)Nc1ccc2nc(C3CCC3)[nH]c2c1.Cl.Cl. The van der Waals surface area contributed by atoms with Gasteiger partial charge in [-0.25, -0.2) is 4.98 Å². The number of nitrogens with two attached hydrogens (primary N) is 1. The Kier molecular flexibility index (Phi) is 6.59. The van der Waals surface area contributed by atoms with Gasteiger partial charge >= 0.3 is 0 Å². The molecule has 2 fully saturated rings. The number of aromatic amines is 1. The molecule has 0 saturated heterocycles. The van der Waals surface area contributed by atoms with E-state index in [1.54, 1.807) is 0 Å². The minimum atomic E-state index is -0.405. The number of nitrogens with zero attached hydrogens (tertiary/aromatic N) is 1. The minimum absolute atomic E-state index is 0. The standard InChI is InChI=1S/C19H26N4O.2ClH/c1-19(20)10-3-2-7-14(19)18(24)21-13-8-9-15-16(11-13)23-17(22-15)12-5-4-6-12;;/h8-9,11-12,14H,2-7,10,20H2,1H3,(H,21,24)(H,22,23);2*1H. The molecular formula is C19H28Cl2N4O. The lowest BCUT2D eigenvalue weighted by atomic mass is 9.74. The van der Waals surface area contributed by atoms with Crippen LogP contribution in [0.1, 0.15) is 63.6 Å². The Labute approximate surface area is 166 Å². The smallest absolute Gasteiger partial charge is 0.229 e. The van der Waals surface area contributed by atoms with E-state index in [0.717, 1.165) is 48.2 Å². The van der Waals surface area contributed by atoms with Crippen LogP contribution in [-0.4, -0.2) is 21.4 Å². The van der Waals surface area contributed by atoms with Crippen molar-refractivity contribution in [3.63, 3.8) is 0 Å². The van der Waals surface area contributed by atoms with E-state index >= 15 is 0 Å². The number of amides is 1. The molecule has 1 aromatic heterocycles. The van der Waals surface area contributed by atoms with Crippen LogP contribution in [0.2, 0.25) is 0 Å². The van der Waals surface area contributed by atoms with Crippen molar-refractivity contribution in [1.82, 2.24) is 9.97 Å². The molecule has 2 aliphatic carbocycles. The summed E-state index contributed by atoms with van der Waals surface area (Å²) in [7, 11) is 0. The van der Waals surface area contributed by atoms with E-state index in [0.29, 0.717) is 5.92 Å². The summed E-state index contributed by atoms with van der Waals surface area (Å²) in [4.78, 5) is 20.8. The Morgan fingerprint density at radius 2 is 2.00 bits per heavy atom. The van der Waals surface area contributed by atoms with Crippen LogP contribution in [0.4, 0.5) is 5.69 Å². The van der Waals surface area contributed by atoms with Crippen LogP contribution < -0.4 is 11.1 Å². The maximum absolute atomic E-state index is 12.7. The average Bonchev–Trinajstić information content (AvgIpc) is 2.87. The number of nitrogens with one attached hydrogen (secondary N) is 2. The molecule has 26 heavy (non-hydrogen) atoms. The number of benzene rings is 1. The number of halogens is 2. The molecule has 7 heteroatoms. The van der Waals surface area contributed by atoms with Crippen molar-refractivity contribution in [1.29, 1.82) is 0 Å². The molecule has 4 N–H and O–H groups in total. The number of hydrogen-bond acceptors (Lipinski definition) is 3. The maximum atomic E-state index is 12.7. The fourth-order valence-corrected chi connectivity index (χ4v) is 4.00. The molecule has 0 aliphatic heterocycles. The van der Waals surface area contributed by atoms with Crippen LogP contribution in [0.25, 0.3) is 11.0 Å². The summed E-state index contributed by atoms with van der Waals surface area (Å²) < 4.78 is 0. The topological polar surface area (TPSA) is 83.8 Å². The van der Waals surface area contributed by atoms with E-state index in [1.165, 1.54) is 19.3 Å². The highest BCUT2D eigenvalue weighted by Gasteiger charge is 2.37. The minimum Gasteiger partial charge on any atom is -0.342 e. The van der Waals surface area contributed by atoms with E-state index < -0.39 is 5.54 Å². The van der Waals surface area contributed by atoms with E-state index in [1.807, 2.05) is 25.1 Å². The molecule has 1 aromatic carbocycles. The van der Waals surface area contributed by atoms with Gasteiger partial charge in [-0.2, -0.15) is 0 Å². The summed E-state index contributed by atoms with van der Waals surface area (Å²) in [5, 5.41) is 3.06. The maximum Gasteiger partial charge on any atom is 0.229 e. The molecule has 4 rings (SSSR count). The zero-order valence-corrected chi connectivity index (χ0v) is 16.7. The van der Waals surface area contributed by atoms with Crippen molar-refractivity contribution in [2.24, 2.45) is 11.7 Å². The first-order valence-corrected chi connectivity index (χ1v) is 9.12. The number of rotatable bonds is 3. The number of aromatic nitrogens is 2. The van der Waals surface area contributed by atoms with E-state index in [4.69, 9.17) is 5.73 Å². The Balaban J connectivity index is 0.00000121. The number of carbonyl (C=O) groups is 1. The molecule has 2 saturated carbocycles. The van der Waals surface area contributed by atoms with Crippen LogP contribution in [0, 0.1) is 5.92 Å². The van der Waals surface area contributed by atoms with Crippen LogP contribution in [0.5, 0.6) is 0 Å². The zero-order chi connectivity index (χ0) is 16.7. The molecule has 2 aliphatic rings. The van der Waals surface area contributed by atoms with Gasteiger partial charge in [-0.15, -0.1) is 24.8 Å². The van der Waals surface area contributed by atoms with Crippen LogP contribution in [-0.2, 0) is 4.79 Å². The monoisotopic (exact) mass is 398 g/mol. The lowest BCUT2D eigenvalue weighted by Crippen LogP contribution is -2.51. The summed E-state index contributed by atoms with van der Waals surface area (Å²) in [5.41, 5.74) is 8.72. The number of imidazole rings is 1. The molecule has 144 valence electrons. The highest BCUT2D eigenvalue weighted by Crippen LogP contribution is 2.36. The van der Waals surface area contributed by atoms with Gasteiger partial charge in [-0.05, 0) is 50.8 Å². The third-order valence-corrected chi connectivity index (χ3v) is 5.83. The number of fused-ring (bicyclic) bond motifs is 1. The summed E-state index contributed by atoms with van der Waals surface area (Å²) in [6.45, 7) is 2.00. The Morgan fingerprint density at radius 1 is 1.23 bits per heavy atom. The third-order valence-electron chi connectivity index (χ3n) is 5.83. The lowest BCUT2D eigenvalue weighted by molar-refractivity contribution is -0.122. The first-order valence-electron chi connectivity index (χ1n) is 9.12. The van der Waals surface area contributed by atoms with Gasteiger partial charge in [0, 0.05) is 17.1 Å². The van der Waals surface area contributed by atoms with Crippen LogP contribution in [0.3, 0.4) is 0 Å². The van der Waals surface area contributed by atoms with E-state index in [9.17, 15) is 4.79 Å². The van der Waals surface area contributed by atoms with Gasteiger partial charge in [0.05, 0.1) is 17.0 Å². The average molecular weight is 399 g/mol. The molecule has 1 heterocycles. The summed E-state index contributed by atoms with van der Waals surface area (Å²) in [6, 6.07) is 5.90. The van der Waals surface area contributed by atoms with Gasteiger partial charge in [0.15, 0.2) is 0 Å². The third kappa shape index (κ3) is 4.00. The van der Waals surface area contributed by atoms with Crippen molar-refractivity contribution in [2.45, 2.75) is 63.3 Å². The van der Waals surface area contributed by atoms with Gasteiger partial charge < -0.3 is 16.0 Å². The van der Waals surface area contributed by atoms with Gasteiger partial charge in [0.25, 0.3) is 0 Å². The van der Waals surface area contributed by atoms with Crippen molar-refractivity contribution >= 4 is 47.4 Å². The summed E-state index contributed by atoms with van der Waals surface area (Å²) >= 11 is 0. The fourth-order valence-electron chi connectivity index (χ4n) is 4.00. The summed E-state index contributed by atoms with van der Waals surface area (Å²) in [6.07, 6.45) is 7.71. The first-order chi connectivity index (χ1) is 11.5. The largest absolute Gasteiger partial charge is 0.342 e. The van der Waals surface area contributed by atoms with E-state index in [-0.39, 0.29) is 36.6 Å². The second-order valence-corrected chi connectivity index (χ2v) is 7.78. The highest BCUT2D eigenvalue weighted by molar-refractivity contribution is 5.95. The quantitative estimate of drug-likeness (QED) is 0.710. The highest BCUT2D eigenvalue weighted by atomic mass is 35.5. The number of carbonyl (C=O) groups excluding carboxylic acids is 1. The Hall–Kier alpha value is -1.30. The molecule has 1 amide bonds. The van der Waals surface area contributed by atoms with Crippen molar-refractivity contribution in [3.8, 4) is 0 Å². The molecule has 2 unspecified atom stereocenters. The van der Waals surface area contributed by atoms with Crippen molar-refractivity contribution < 1.29 is 4.79 Å². The Morgan fingerprint density at radius 3 is 2.65 bits per heavy atom. The predicted octanol–water partition coefficient (Wildman–Crippen LogP) is 4.52. The van der Waals surface area contributed by atoms with Gasteiger partial charge in [-0.3, -0.25) is 4.79 Å². The molecular weight excluding hydrogens is 371 g/mol. The second kappa shape index (κ2) is 8.15. The van der Waals surface area contributed by atoms with Gasteiger partial charge in [-0.1, -0.05) is 19.3 Å². The number of hydrogen-bond donors (Lipinski definition) is 3. The van der Waals surface area contributed by atoms with Crippen molar-refractivity contribution in [3.05, 3.63) is 24.0 Å². The fraction of sp³-hybridized carbons (Fsp3) is 0.579. The lowest BCUT2D eigenvalue weighted by Gasteiger charge is -2.37. The van der Waals surface area contributed by atoms with Gasteiger partial charge in [0.1, 0.15) is 5.82 Å². The van der Waals surface area contributed by atoms with Crippen molar-refractivity contribution in [2.75, 3.05) is 5.32 Å². The molecule has 0 bridgehead atoms. The number of anilines is 1. The molecule has 5 nitrogen and oxygen atoms in total. The van der Waals surface area contributed by atoms with Gasteiger partial charge in [0.2, 0.25) is 5.91 Å². The zero-order valence-electron chi connectivity index (χ0n) is 15.1. The number of H-pyrrole nitrogens is 1. The van der Waals surface area contributed by atoms with E-state index in [2.05, 4.69) is 15.3 Å². The predicted molar refractivity (Wildman–Crippen MR) is 110 cm³/mol. The molecule has 2 atom stereocenters. The molecule has 0 radical (unpaired) electrons. The normalized spacial score (nSPS) is 25.7. The van der Waals surface area contributed by atoms with Crippen LogP contribution >= 0.6 is 24.8 Å². The molecule has 0 spiro atoms. The second-order valence-electron chi connectivity index (χ2n) is 7.78. The Bertz CT molecular complexity index is 770. The first kappa shape index (κ1) is 21.0. The van der Waals surface area contributed by atoms with Crippen LogP contribution in [0.15, 0.2) is 18.2 Å². The summed E-state index contributed by atoms with van der Waals surface area (Å²) in [5.74, 6) is 1.59. The molecule has 2 aromatic rings.